The summed E-state index contributed by atoms with van der Waals surface area (Å²) in [7, 11) is 1.56. The van der Waals surface area contributed by atoms with Crippen LogP contribution in [-0.4, -0.2) is 22.8 Å². The standard InChI is InChI=1S/C20H24N4O2S/c1-12-15-11-18(19(25)22-16-9-8-13(21)10-17(16)26-2)27-20(15)24(23-12)14-6-4-3-5-7-14/h8-11,14H,3-7,21H2,1-2H3,(H,22,25). The summed E-state index contributed by atoms with van der Waals surface area (Å²) in [6, 6.07) is 7.59. The number of amides is 1. The summed E-state index contributed by atoms with van der Waals surface area (Å²) in [6.07, 6.45) is 6.14. The van der Waals surface area contributed by atoms with E-state index in [2.05, 4.69) is 10.00 Å². The van der Waals surface area contributed by atoms with E-state index in [1.54, 1.807) is 25.3 Å². The van der Waals surface area contributed by atoms with Crippen LogP contribution in [0.1, 0.15) is 53.5 Å². The van der Waals surface area contributed by atoms with Gasteiger partial charge < -0.3 is 15.8 Å². The van der Waals surface area contributed by atoms with Gasteiger partial charge in [0.25, 0.3) is 5.91 Å². The van der Waals surface area contributed by atoms with Gasteiger partial charge in [0.05, 0.1) is 29.4 Å². The number of methoxy groups -OCH3 is 1. The third kappa shape index (κ3) is 3.39. The lowest BCUT2D eigenvalue weighted by molar-refractivity contribution is 0.103. The molecule has 0 bridgehead atoms. The van der Waals surface area contributed by atoms with Crippen molar-refractivity contribution in [3.8, 4) is 5.75 Å². The zero-order valence-corrected chi connectivity index (χ0v) is 16.4. The average Bonchev–Trinajstić information content (AvgIpc) is 3.24. The average molecular weight is 385 g/mol. The largest absolute Gasteiger partial charge is 0.494 e. The molecule has 27 heavy (non-hydrogen) atoms. The third-order valence-corrected chi connectivity index (χ3v) is 6.31. The highest BCUT2D eigenvalue weighted by Gasteiger charge is 2.23. The highest BCUT2D eigenvalue weighted by molar-refractivity contribution is 7.20. The number of thiophene rings is 1. The number of rotatable bonds is 4. The van der Waals surface area contributed by atoms with Crippen molar-refractivity contribution in [2.75, 3.05) is 18.2 Å². The monoisotopic (exact) mass is 384 g/mol. The van der Waals surface area contributed by atoms with Crippen LogP contribution in [0.2, 0.25) is 0 Å². The number of nitrogens with two attached hydrogens (primary N) is 1. The van der Waals surface area contributed by atoms with E-state index in [0.717, 1.165) is 28.8 Å². The first-order chi connectivity index (χ1) is 13.1. The van der Waals surface area contributed by atoms with Crippen molar-refractivity contribution in [2.45, 2.75) is 45.1 Å². The number of ether oxygens (including phenoxy) is 1. The normalized spacial score (nSPS) is 15.2. The molecule has 0 aliphatic heterocycles. The minimum absolute atomic E-state index is 0.145. The van der Waals surface area contributed by atoms with Gasteiger partial charge in [-0.25, -0.2) is 0 Å². The van der Waals surface area contributed by atoms with Gasteiger partial charge >= 0.3 is 0 Å². The molecule has 0 saturated heterocycles. The van der Waals surface area contributed by atoms with Gasteiger partial charge in [0, 0.05) is 17.1 Å². The number of nitrogens with zero attached hydrogens (tertiary/aromatic N) is 2. The van der Waals surface area contributed by atoms with E-state index in [0.29, 0.717) is 28.0 Å². The number of anilines is 2. The highest BCUT2D eigenvalue weighted by Crippen LogP contribution is 2.36. The Morgan fingerprint density at radius 1 is 1.30 bits per heavy atom. The van der Waals surface area contributed by atoms with Crippen molar-refractivity contribution in [3.05, 3.63) is 34.8 Å². The van der Waals surface area contributed by atoms with Gasteiger partial charge in [0.2, 0.25) is 0 Å². The molecule has 0 atom stereocenters. The number of nitrogen functional groups attached to an aromatic ring is 1. The second kappa shape index (κ2) is 7.23. The van der Waals surface area contributed by atoms with Gasteiger partial charge in [-0.2, -0.15) is 5.10 Å². The topological polar surface area (TPSA) is 82.2 Å². The number of aryl methyl sites for hydroxylation is 1. The Balaban J connectivity index is 1.63. The molecule has 7 heteroatoms. The van der Waals surface area contributed by atoms with Crippen LogP contribution in [0.15, 0.2) is 24.3 Å². The molecule has 1 aliphatic carbocycles. The Morgan fingerprint density at radius 2 is 2.07 bits per heavy atom. The molecular formula is C20H24N4O2S. The highest BCUT2D eigenvalue weighted by atomic mass is 32.1. The molecule has 0 spiro atoms. The number of fused-ring (bicyclic) bond motifs is 1. The lowest BCUT2D eigenvalue weighted by Gasteiger charge is -2.22. The first kappa shape index (κ1) is 17.9. The third-order valence-electron chi connectivity index (χ3n) is 5.19. The van der Waals surface area contributed by atoms with Gasteiger partial charge in [-0.05, 0) is 38.0 Å². The minimum atomic E-state index is -0.145. The molecular weight excluding hydrogens is 360 g/mol. The molecule has 142 valence electrons. The van der Waals surface area contributed by atoms with E-state index in [-0.39, 0.29) is 5.91 Å². The molecule has 2 heterocycles. The van der Waals surface area contributed by atoms with E-state index in [1.165, 1.54) is 30.6 Å². The number of carbonyl (C=O) groups is 1. The van der Waals surface area contributed by atoms with Gasteiger partial charge in [0.15, 0.2) is 0 Å². The molecule has 3 N–H and O–H groups in total. The van der Waals surface area contributed by atoms with Crippen molar-refractivity contribution < 1.29 is 9.53 Å². The van der Waals surface area contributed by atoms with Crippen molar-refractivity contribution >= 4 is 38.8 Å². The van der Waals surface area contributed by atoms with E-state index in [4.69, 9.17) is 15.6 Å². The summed E-state index contributed by atoms with van der Waals surface area (Å²) in [5, 5.41) is 8.76. The molecule has 6 nitrogen and oxygen atoms in total. The van der Waals surface area contributed by atoms with Gasteiger partial charge in [-0.3, -0.25) is 9.48 Å². The van der Waals surface area contributed by atoms with Crippen molar-refractivity contribution in [3.63, 3.8) is 0 Å². The molecule has 1 amide bonds. The van der Waals surface area contributed by atoms with Crippen LogP contribution >= 0.6 is 11.3 Å². The maximum absolute atomic E-state index is 12.8. The molecule has 2 aromatic heterocycles. The maximum Gasteiger partial charge on any atom is 0.265 e. The van der Waals surface area contributed by atoms with Crippen LogP contribution in [0.4, 0.5) is 11.4 Å². The second-order valence-electron chi connectivity index (χ2n) is 7.07. The van der Waals surface area contributed by atoms with E-state index in [9.17, 15) is 4.79 Å². The Hall–Kier alpha value is -2.54. The molecule has 1 aromatic carbocycles. The van der Waals surface area contributed by atoms with E-state index in [1.807, 2.05) is 13.0 Å². The Bertz CT molecular complexity index is 985. The van der Waals surface area contributed by atoms with Gasteiger partial charge in [0.1, 0.15) is 10.6 Å². The molecule has 0 unspecified atom stereocenters. The number of hydrogen-bond donors (Lipinski definition) is 2. The van der Waals surface area contributed by atoms with Crippen LogP contribution < -0.4 is 15.8 Å². The first-order valence-corrected chi connectivity index (χ1v) is 10.1. The van der Waals surface area contributed by atoms with Crippen LogP contribution in [0.3, 0.4) is 0 Å². The Morgan fingerprint density at radius 3 is 2.81 bits per heavy atom. The summed E-state index contributed by atoms with van der Waals surface area (Å²) in [6.45, 7) is 2.01. The maximum atomic E-state index is 12.8. The van der Waals surface area contributed by atoms with E-state index < -0.39 is 0 Å². The lowest BCUT2D eigenvalue weighted by atomic mass is 9.96. The van der Waals surface area contributed by atoms with Crippen molar-refractivity contribution in [1.82, 2.24) is 9.78 Å². The number of hydrogen-bond acceptors (Lipinski definition) is 5. The predicted octanol–water partition coefficient (Wildman–Crippen LogP) is 4.75. The number of nitrogens with one attached hydrogen (secondary N) is 1. The summed E-state index contributed by atoms with van der Waals surface area (Å²) >= 11 is 1.51. The van der Waals surface area contributed by atoms with Crippen molar-refractivity contribution in [2.24, 2.45) is 0 Å². The van der Waals surface area contributed by atoms with Crippen molar-refractivity contribution in [1.29, 1.82) is 0 Å². The Labute approximate surface area is 162 Å². The molecule has 0 radical (unpaired) electrons. The number of carbonyl (C=O) groups excluding carboxylic acids is 1. The van der Waals surface area contributed by atoms with Crippen LogP contribution in [0.5, 0.6) is 5.75 Å². The molecule has 1 fully saturated rings. The summed E-state index contributed by atoms with van der Waals surface area (Å²) < 4.78 is 7.47. The zero-order chi connectivity index (χ0) is 19.0. The Kier molecular flexibility index (Phi) is 4.78. The summed E-state index contributed by atoms with van der Waals surface area (Å²) in [4.78, 5) is 14.6. The van der Waals surface area contributed by atoms with Gasteiger partial charge in [-0.1, -0.05) is 19.3 Å². The fourth-order valence-corrected chi connectivity index (χ4v) is 4.88. The predicted molar refractivity (Wildman–Crippen MR) is 110 cm³/mol. The minimum Gasteiger partial charge on any atom is -0.494 e. The van der Waals surface area contributed by atoms with Gasteiger partial charge in [-0.15, -0.1) is 11.3 Å². The summed E-state index contributed by atoms with van der Waals surface area (Å²) in [5.74, 6) is 0.405. The lowest BCUT2D eigenvalue weighted by Crippen LogP contribution is -2.14. The van der Waals surface area contributed by atoms with Crippen LogP contribution in [-0.2, 0) is 0 Å². The molecule has 1 aliphatic rings. The zero-order valence-electron chi connectivity index (χ0n) is 15.6. The number of benzene rings is 1. The first-order valence-electron chi connectivity index (χ1n) is 9.30. The summed E-state index contributed by atoms with van der Waals surface area (Å²) in [5.41, 5.74) is 7.97. The second-order valence-corrected chi connectivity index (χ2v) is 8.10. The molecule has 3 aromatic rings. The smallest absolute Gasteiger partial charge is 0.265 e. The van der Waals surface area contributed by atoms with Crippen LogP contribution in [0.25, 0.3) is 10.2 Å². The SMILES string of the molecule is COc1cc(N)ccc1NC(=O)c1cc2c(C)nn(C3CCCCC3)c2s1. The number of aromatic nitrogens is 2. The molecule has 4 rings (SSSR count). The molecule has 1 saturated carbocycles. The fourth-order valence-electron chi connectivity index (χ4n) is 3.75. The quantitative estimate of drug-likeness (QED) is 0.636. The van der Waals surface area contributed by atoms with E-state index >= 15 is 0 Å². The van der Waals surface area contributed by atoms with Crippen LogP contribution in [0, 0.1) is 6.92 Å². The fraction of sp³-hybridized carbons (Fsp3) is 0.400.